The Morgan fingerprint density at radius 2 is 1.81 bits per heavy atom. The van der Waals surface area contributed by atoms with Gasteiger partial charge < -0.3 is 4.74 Å². The summed E-state index contributed by atoms with van der Waals surface area (Å²) < 4.78 is 6.21. The largest absolute Gasteiger partial charge is 0.488 e. The second kappa shape index (κ2) is 5.34. The molecule has 0 saturated heterocycles. The minimum Gasteiger partial charge on any atom is -0.488 e. The number of fused-ring (bicyclic) bond motifs is 1. The van der Waals surface area contributed by atoms with E-state index >= 15 is 0 Å². The van der Waals surface area contributed by atoms with Gasteiger partial charge in [0.1, 0.15) is 17.6 Å². The van der Waals surface area contributed by atoms with Crippen molar-refractivity contribution in [2.75, 3.05) is 0 Å². The number of rotatable bonds is 4. The van der Waals surface area contributed by atoms with Gasteiger partial charge in [-0.2, -0.15) is 0 Å². The minimum atomic E-state index is -0.305. The average Bonchev–Trinajstić information content (AvgIpc) is 2.51. The first-order valence-electron chi connectivity index (χ1n) is 7.49. The van der Waals surface area contributed by atoms with Crippen molar-refractivity contribution < 1.29 is 9.53 Å². The van der Waals surface area contributed by atoms with Crippen LogP contribution in [-0.2, 0) is 4.79 Å². The lowest BCUT2D eigenvalue weighted by molar-refractivity contribution is -0.153. The lowest BCUT2D eigenvalue weighted by atomic mass is 9.61. The van der Waals surface area contributed by atoms with Gasteiger partial charge in [0.05, 0.1) is 5.41 Å². The molecule has 1 atom stereocenters. The van der Waals surface area contributed by atoms with Crippen molar-refractivity contribution in [3.8, 4) is 5.75 Å². The quantitative estimate of drug-likeness (QED) is 0.792. The molecule has 0 aromatic heterocycles. The maximum Gasteiger partial charge on any atom is 0.146 e. The fraction of sp³-hybridized carbons (Fsp3) is 0.389. The van der Waals surface area contributed by atoms with E-state index in [0.717, 1.165) is 34.4 Å². The number of halogens is 1. The van der Waals surface area contributed by atoms with E-state index in [9.17, 15) is 4.79 Å². The number of carbonyl (C=O) groups is 1. The number of ether oxygens (including phenoxy) is 1. The predicted octanol–water partition coefficient (Wildman–Crippen LogP) is 5.02. The number of carbonyl (C=O) groups excluding carboxylic acids is 1. The van der Waals surface area contributed by atoms with Gasteiger partial charge in [-0.05, 0) is 25.0 Å². The number of Topliss-reactive ketones (excluding diaryl/α,β-unsaturated/α-hetero) is 1. The van der Waals surface area contributed by atoms with Crippen LogP contribution in [0.3, 0.4) is 0 Å². The van der Waals surface area contributed by atoms with Crippen molar-refractivity contribution in [1.29, 1.82) is 0 Å². The molecule has 21 heavy (non-hydrogen) atoms. The monoisotopic (exact) mass is 302 g/mol. The van der Waals surface area contributed by atoms with Crippen LogP contribution in [0.15, 0.2) is 36.4 Å². The molecule has 0 amide bonds. The number of hydrogen-bond acceptors (Lipinski definition) is 2. The second-order valence-corrected chi connectivity index (χ2v) is 6.10. The lowest BCUT2D eigenvalue weighted by Crippen LogP contribution is -2.56. The summed E-state index contributed by atoms with van der Waals surface area (Å²) in [6, 6.07) is 11.7. The van der Waals surface area contributed by atoms with E-state index in [1.54, 1.807) is 0 Å². The zero-order valence-corrected chi connectivity index (χ0v) is 13.1. The van der Waals surface area contributed by atoms with Gasteiger partial charge in [-0.3, -0.25) is 4.79 Å². The van der Waals surface area contributed by atoms with Crippen LogP contribution >= 0.6 is 11.6 Å². The summed E-state index contributed by atoms with van der Waals surface area (Å²) in [4.78, 5) is 12.0. The van der Waals surface area contributed by atoms with Crippen molar-refractivity contribution in [3.63, 3.8) is 0 Å². The summed E-state index contributed by atoms with van der Waals surface area (Å²) in [5.74, 6) is 1.15. The molecule has 1 aliphatic rings. The molecular formula is C18H19ClO2. The lowest BCUT2D eigenvalue weighted by Gasteiger charge is -2.46. The summed E-state index contributed by atoms with van der Waals surface area (Å²) in [6.45, 7) is 4.13. The second-order valence-electron chi connectivity index (χ2n) is 5.69. The molecule has 3 heteroatoms. The first-order valence-corrected chi connectivity index (χ1v) is 7.87. The molecule has 2 aromatic carbocycles. The molecule has 2 nitrogen and oxygen atoms in total. The smallest absolute Gasteiger partial charge is 0.146 e. The molecule has 1 aliphatic carbocycles. The zero-order valence-electron chi connectivity index (χ0n) is 12.4. The van der Waals surface area contributed by atoms with E-state index in [4.69, 9.17) is 16.3 Å². The topological polar surface area (TPSA) is 26.3 Å². The Morgan fingerprint density at radius 1 is 1.14 bits per heavy atom. The molecule has 0 N–H and O–H groups in total. The standard InChI is InChI=1S/C18H19ClO2/c1-3-18(4-2)16(20)11-17(18)21-15-10-9-14(19)12-7-5-6-8-13(12)15/h5-10,17H,3-4,11H2,1-2H3. The van der Waals surface area contributed by atoms with Gasteiger partial charge in [0, 0.05) is 22.2 Å². The van der Waals surface area contributed by atoms with E-state index in [1.165, 1.54) is 0 Å². The minimum absolute atomic E-state index is 0.0235. The summed E-state index contributed by atoms with van der Waals surface area (Å²) in [6.07, 6.45) is 2.15. The van der Waals surface area contributed by atoms with Gasteiger partial charge in [0.15, 0.2) is 0 Å². The average molecular weight is 303 g/mol. The van der Waals surface area contributed by atoms with Crippen LogP contribution in [-0.4, -0.2) is 11.9 Å². The van der Waals surface area contributed by atoms with Gasteiger partial charge in [0.2, 0.25) is 0 Å². The Bertz CT molecular complexity index is 689. The van der Waals surface area contributed by atoms with E-state index in [0.29, 0.717) is 12.2 Å². The summed E-state index contributed by atoms with van der Waals surface area (Å²) in [7, 11) is 0. The predicted molar refractivity (Wildman–Crippen MR) is 86.0 cm³/mol. The van der Waals surface area contributed by atoms with Crippen molar-refractivity contribution in [2.24, 2.45) is 5.41 Å². The van der Waals surface area contributed by atoms with Crippen molar-refractivity contribution in [1.82, 2.24) is 0 Å². The molecule has 0 heterocycles. The Morgan fingerprint density at radius 3 is 2.43 bits per heavy atom. The maximum absolute atomic E-state index is 12.0. The molecule has 1 unspecified atom stereocenters. The maximum atomic E-state index is 12.0. The van der Waals surface area contributed by atoms with Crippen LogP contribution in [0, 0.1) is 5.41 Å². The summed E-state index contributed by atoms with van der Waals surface area (Å²) in [5, 5.41) is 2.71. The van der Waals surface area contributed by atoms with Gasteiger partial charge in [0.25, 0.3) is 0 Å². The molecule has 0 aliphatic heterocycles. The number of hydrogen-bond donors (Lipinski definition) is 0. The highest BCUT2D eigenvalue weighted by molar-refractivity contribution is 6.35. The Labute approximate surface area is 130 Å². The Kier molecular flexibility index (Phi) is 3.66. The molecule has 0 radical (unpaired) electrons. The third-order valence-electron chi connectivity index (χ3n) is 4.90. The molecular weight excluding hydrogens is 284 g/mol. The van der Waals surface area contributed by atoms with E-state index in [2.05, 4.69) is 13.8 Å². The van der Waals surface area contributed by atoms with E-state index in [1.807, 2.05) is 36.4 Å². The zero-order chi connectivity index (χ0) is 15.0. The fourth-order valence-electron chi connectivity index (χ4n) is 3.36. The third-order valence-corrected chi connectivity index (χ3v) is 5.23. The third kappa shape index (κ3) is 2.13. The first kappa shape index (κ1) is 14.4. The van der Waals surface area contributed by atoms with Crippen LogP contribution in [0.25, 0.3) is 10.8 Å². The van der Waals surface area contributed by atoms with Crippen LogP contribution in [0.1, 0.15) is 33.1 Å². The van der Waals surface area contributed by atoms with Gasteiger partial charge in [-0.1, -0.05) is 49.7 Å². The molecule has 110 valence electrons. The summed E-state index contributed by atoms with van der Waals surface area (Å²) >= 11 is 6.24. The number of ketones is 1. The van der Waals surface area contributed by atoms with Crippen molar-refractivity contribution >= 4 is 28.2 Å². The summed E-state index contributed by atoms with van der Waals surface area (Å²) in [5.41, 5.74) is -0.305. The Balaban J connectivity index is 1.97. The van der Waals surface area contributed by atoms with Gasteiger partial charge in [-0.25, -0.2) is 0 Å². The fourth-order valence-corrected chi connectivity index (χ4v) is 3.59. The molecule has 0 spiro atoms. The highest BCUT2D eigenvalue weighted by Crippen LogP contribution is 2.46. The first-order chi connectivity index (χ1) is 10.1. The molecule has 2 aromatic rings. The van der Waals surface area contributed by atoms with Gasteiger partial charge >= 0.3 is 0 Å². The molecule has 3 rings (SSSR count). The van der Waals surface area contributed by atoms with Crippen molar-refractivity contribution in [2.45, 2.75) is 39.2 Å². The molecule has 0 bridgehead atoms. The van der Waals surface area contributed by atoms with Crippen LogP contribution < -0.4 is 4.74 Å². The van der Waals surface area contributed by atoms with E-state index in [-0.39, 0.29) is 11.5 Å². The Hall–Kier alpha value is -1.54. The SMILES string of the molecule is CCC1(CC)C(=O)CC1Oc1ccc(Cl)c2ccccc12. The normalized spacial score (nSPS) is 20.3. The van der Waals surface area contributed by atoms with Crippen LogP contribution in [0.5, 0.6) is 5.75 Å². The highest BCUT2D eigenvalue weighted by Gasteiger charge is 2.53. The number of benzene rings is 2. The molecule has 1 fully saturated rings. The van der Waals surface area contributed by atoms with Crippen LogP contribution in [0.2, 0.25) is 5.02 Å². The van der Waals surface area contributed by atoms with Crippen molar-refractivity contribution in [3.05, 3.63) is 41.4 Å². The molecule has 1 saturated carbocycles. The van der Waals surface area contributed by atoms with E-state index < -0.39 is 0 Å². The highest BCUT2D eigenvalue weighted by atomic mass is 35.5. The van der Waals surface area contributed by atoms with Gasteiger partial charge in [-0.15, -0.1) is 0 Å². The van der Waals surface area contributed by atoms with Crippen LogP contribution in [0.4, 0.5) is 0 Å².